The first-order chi connectivity index (χ1) is 15.6. The number of carbonyl (C=O) groups excluding carboxylic acids is 1. The number of para-hydroxylation sites is 2. The summed E-state index contributed by atoms with van der Waals surface area (Å²) < 4.78 is 2.01. The van der Waals surface area contributed by atoms with Gasteiger partial charge in [0.2, 0.25) is 0 Å². The number of nitrogens with one attached hydrogen (secondary N) is 1. The Labute approximate surface area is 190 Å². The van der Waals surface area contributed by atoms with Crippen LogP contribution in [0.5, 0.6) is 0 Å². The minimum atomic E-state index is -0.535. The maximum absolute atomic E-state index is 12.7. The number of nitriles is 2. The second kappa shape index (κ2) is 9.22. The van der Waals surface area contributed by atoms with Gasteiger partial charge in [-0.1, -0.05) is 60.1 Å². The van der Waals surface area contributed by atoms with Crippen molar-refractivity contribution in [3.05, 3.63) is 106 Å². The lowest BCUT2D eigenvalue weighted by molar-refractivity contribution is -0.112. The minimum Gasteiger partial charge on any atom is -0.342 e. The van der Waals surface area contributed by atoms with Crippen molar-refractivity contribution in [3.63, 3.8) is 0 Å². The van der Waals surface area contributed by atoms with Crippen LogP contribution in [0.4, 0.5) is 5.69 Å². The van der Waals surface area contributed by atoms with Crippen LogP contribution in [0, 0.1) is 22.7 Å². The Morgan fingerprint density at radius 3 is 2.50 bits per heavy atom. The van der Waals surface area contributed by atoms with Crippen molar-refractivity contribution in [2.24, 2.45) is 0 Å². The van der Waals surface area contributed by atoms with E-state index in [0.29, 0.717) is 22.8 Å². The summed E-state index contributed by atoms with van der Waals surface area (Å²) >= 11 is 6.12. The number of halogens is 1. The number of aromatic nitrogens is 1. The van der Waals surface area contributed by atoms with E-state index in [4.69, 9.17) is 11.6 Å². The third kappa shape index (κ3) is 4.25. The van der Waals surface area contributed by atoms with Crippen LogP contribution in [-0.4, -0.2) is 10.5 Å². The van der Waals surface area contributed by atoms with E-state index in [0.717, 1.165) is 22.0 Å². The molecule has 0 unspecified atom stereocenters. The van der Waals surface area contributed by atoms with Crippen molar-refractivity contribution < 1.29 is 4.79 Å². The van der Waals surface area contributed by atoms with Crippen LogP contribution in [0.3, 0.4) is 0 Å². The van der Waals surface area contributed by atoms with Gasteiger partial charge in [-0.3, -0.25) is 4.79 Å². The first-order valence-electron chi connectivity index (χ1n) is 9.84. The molecule has 0 aliphatic carbocycles. The predicted molar refractivity (Wildman–Crippen MR) is 126 cm³/mol. The zero-order valence-corrected chi connectivity index (χ0v) is 17.7. The smallest absolute Gasteiger partial charge is 0.266 e. The molecule has 1 heterocycles. The molecule has 3 aromatic carbocycles. The van der Waals surface area contributed by atoms with Gasteiger partial charge in [-0.05, 0) is 35.9 Å². The first-order valence-corrected chi connectivity index (χ1v) is 10.2. The summed E-state index contributed by atoms with van der Waals surface area (Å²) in [6.45, 7) is 0.492. The van der Waals surface area contributed by atoms with Crippen LogP contribution in [0.15, 0.2) is 84.6 Å². The van der Waals surface area contributed by atoms with Crippen molar-refractivity contribution in [2.75, 3.05) is 5.32 Å². The molecule has 32 heavy (non-hydrogen) atoms. The van der Waals surface area contributed by atoms with Crippen molar-refractivity contribution in [1.29, 1.82) is 10.5 Å². The predicted octanol–water partition coefficient (Wildman–Crippen LogP) is 5.76. The van der Waals surface area contributed by atoms with Crippen LogP contribution in [-0.2, 0) is 11.3 Å². The van der Waals surface area contributed by atoms with Crippen LogP contribution in [0.1, 0.15) is 16.7 Å². The van der Waals surface area contributed by atoms with Gasteiger partial charge in [0.05, 0.1) is 22.3 Å². The highest BCUT2D eigenvalue weighted by Crippen LogP contribution is 2.26. The summed E-state index contributed by atoms with van der Waals surface area (Å²) in [7, 11) is 0. The Balaban J connectivity index is 1.72. The normalized spacial score (nSPS) is 11.0. The molecule has 0 atom stereocenters. The quantitative estimate of drug-likeness (QED) is 0.319. The molecule has 0 aliphatic heterocycles. The number of carbonyl (C=O) groups is 1. The second-order valence-electron chi connectivity index (χ2n) is 7.10. The molecule has 5 nitrogen and oxygen atoms in total. The van der Waals surface area contributed by atoms with Gasteiger partial charge in [-0.25, -0.2) is 0 Å². The number of amides is 1. The second-order valence-corrected chi connectivity index (χ2v) is 7.51. The summed E-state index contributed by atoms with van der Waals surface area (Å²) in [5.74, 6) is -0.535. The maximum atomic E-state index is 12.7. The van der Waals surface area contributed by atoms with Crippen molar-refractivity contribution in [1.82, 2.24) is 4.57 Å². The fourth-order valence-electron chi connectivity index (χ4n) is 3.53. The Bertz CT molecular complexity index is 1440. The van der Waals surface area contributed by atoms with E-state index in [-0.39, 0.29) is 5.57 Å². The van der Waals surface area contributed by atoms with Crippen LogP contribution < -0.4 is 5.32 Å². The van der Waals surface area contributed by atoms with Gasteiger partial charge in [-0.2, -0.15) is 10.5 Å². The van der Waals surface area contributed by atoms with E-state index >= 15 is 0 Å². The number of nitrogens with zero attached hydrogens (tertiary/aromatic N) is 3. The SMILES string of the molecule is N#C/C(=C\c1cn(Cc2ccccc2C#N)c2ccccc12)C(=O)Nc1ccccc1Cl. The summed E-state index contributed by atoms with van der Waals surface area (Å²) in [5.41, 5.74) is 3.58. The lowest BCUT2D eigenvalue weighted by atomic mass is 10.1. The van der Waals surface area contributed by atoms with Gasteiger partial charge in [0, 0.05) is 29.2 Å². The Morgan fingerprint density at radius 1 is 1.00 bits per heavy atom. The third-order valence-electron chi connectivity index (χ3n) is 5.08. The Kier molecular flexibility index (Phi) is 6.03. The fourth-order valence-corrected chi connectivity index (χ4v) is 3.71. The molecule has 6 heteroatoms. The molecule has 0 saturated heterocycles. The van der Waals surface area contributed by atoms with Crippen LogP contribution >= 0.6 is 11.6 Å². The van der Waals surface area contributed by atoms with E-state index in [1.54, 1.807) is 36.4 Å². The molecule has 4 rings (SSSR count). The monoisotopic (exact) mass is 436 g/mol. The maximum Gasteiger partial charge on any atom is 0.266 e. The number of benzene rings is 3. The van der Waals surface area contributed by atoms with Gasteiger partial charge in [0.25, 0.3) is 5.91 Å². The van der Waals surface area contributed by atoms with Gasteiger partial charge >= 0.3 is 0 Å². The van der Waals surface area contributed by atoms with E-state index in [2.05, 4.69) is 11.4 Å². The highest BCUT2D eigenvalue weighted by molar-refractivity contribution is 6.34. The third-order valence-corrected chi connectivity index (χ3v) is 5.41. The molecule has 0 fully saturated rings. The molecule has 0 saturated carbocycles. The zero-order chi connectivity index (χ0) is 22.5. The van der Waals surface area contributed by atoms with Crippen molar-refractivity contribution >= 4 is 40.2 Å². The number of hydrogen-bond donors (Lipinski definition) is 1. The summed E-state index contributed by atoms with van der Waals surface area (Å²) in [6.07, 6.45) is 3.46. The standard InChI is InChI=1S/C26H17ClN4O/c27-23-10-4-5-11-24(23)30-26(32)20(15-29)13-21-17-31(25-12-6-3-9-22(21)25)16-19-8-2-1-7-18(19)14-28/h1-13,17H,16H2,(H,30,32)/b20-13+. The fraction of sp³-hybridized carbons (Fsp3) is 0.0385. The molecule has 1 amide bonds. The van der Waals surface area contributed by atoms with E-state index in [1.165, 1.54) is 0 Å². The zero-order valence-electron chi connectivity index (χ0n) is 16.9. The average Bonchev–Trinajstić information content (AvgIpc) is 3.16. The Hall–Kier alpha value is -4.32. The van der Waals surface area contributed by atoms with Gasteiger partial charge < -0.3 is 9.88 Å². The highest BCUT2D eigenvalue weighted by Gasteiger charge is 2.14. The first kappa shape index (κ1) is 20.9. The summed E-state index contributed by atoms with van der Waals surface area (Å²) in [4.78, 5) is 12.7. The molecule has 0 aliphatic rings. The minimum absolute atomic E-state index is 0.0368. The van der Waals surface area contributed by atoms with E-state index in [1.807, 2.05) is 59.3 Å². The summed E-state index contributed by atoms with van der Waals surface area (Å²) in [5, 5.41) is 23.0. The van der Waals surface area contributed by atoms with Gasteiger partial charge in [-0.15, -0.1) is 0 Å². The van der Waals surface area contributed by atoms with Crippen molar-refractivity contribution in [2.45, 2.75) is 6.54 Å². The molecular weight excluding hydrogens is 420 g/mol. The average molecular weight is 437 g/mol. The van der Waals surface area contributed by atoms with E-state index in [9.17, 15) is 15.3 Å². The largest absolute Gasteiger partial charge is 0.342 e. The van der Waals surface area contributed by atoms with Gasteiger partial charge in [0.1, 0.15) is 11.6 Å². The molecule has 1 N–H and O–H groups in total. The van der Waals surface area contributed by atoms with Crippen LogP contribution in [0.25, 0.3) is 17.0 Å². The molecule has 154 valence electrons. The lowest BCUT2D eigenvalue weighted by Gasteiger charge is -2.07. The number of hydrogen-bond acceptors (Lipinski definition) is 3. The topological polar surface area (TPSA) is 81.6 Å². The molecule has 4 aromatic rings. The van der Waals surface area contributed by atoms with Crippen molar-refractivity contribution in [3.8, 4) is 12.1 Å². The van der Waals surface area contributed by atoms with Gasteiger partial charge in [0.15, 0.2) is 0 Å². The Morgan fingerprint density at radius 2 is 1.72 bits per heavy atom. The molecule has 0 radical (unpaired) electrons. The molecule has 0 spiro atoms. The summed E-state index contributed by atoms with van der Waals surface area (Å²) in [6, 6.07) is 26.2. The highest BCUT2D eigenvalue weighted by atomic mass is 35.5. The molecular formula is C26H17ClN4O. The number of rotatable bonds is 5. The van der Waals surface area contributed by atoms with E-state index < -0.39 is 5.91 Å². The number of fused-ring (bicyclic) bond motifs is 1. The van der Waals surface area contributed by atoms with Crippen LogP contribution in [0.2, 0.25) is 5.02 Å². The number of anilines is 1. The lowest BCUT2D eigenvalue weighted by Crippen LogP contribution is -2.13. The molecule has 1 aromatic heterocycles. The molecule has 0 bridgehead atoms.